The van der Waals surface area contributed by atoms with Crippen LogP contribution in [0.4, 0.5) is 4.39 Å². The second-order valence-electron chi connectivity index (χ2n) is 6.76. The number of halogens is 1. The van der Waals surface area contributed by atoms with Crippen molar-refractivity contribution in [2.24, 2.45) is 7.05 Å². The maximum absolute atomic E-state index is 13.9. The Bertz CT molecular complexity index is 916. The zero-order chi connectivity index (χ0) is 19.0. The molecule has 0 spiro atoms. The van der Waals surface area contributed by atoms with E-state index in [0.29, 0.717) is 12.3 Å². The van der Waals surface area contributed by atoms with E-state index in [9.17, 15) is 14.0 Å². The lowest BCUT2D eigenvalue weighted by Gasteiger charge is -2.32. The molecule has 2 aliphatic heterocycles. The quantitative estimate of drug-likeness (QED) is 0.813. The van der Waals surface area contributed by atoms with E-state index in [1.807, 2.05) is 0 Å². The van der Waals surface area contributed by atoms with Gasteiger partial charge in [-0.1, -0.05) is 6.07 Å². The van der Waals surface area contributed by atoms with Crippen molar-refractivity contribution in [1.82, 2.24) is 14.5 Å². The third kappa shape index (κ3) is 3.21. The van der Waals surface area contributed by atoms with Crippen LogP contribution in [0, 0.1) is 5.82 Å². The Balaban J connectivity index is 1.62. The van der Waals surface area contributed by atoms with Crippen molar-refractivity contribution in [2.45, 2.75) is 31.1 Å². The van der Waals surface area contributed by atoms with Crippen LogP contribution in [0.5, 0.6) is 5.88 Å². The molecule has 4 heterocycles. The molecule has 7 nitrogen and oxygen atoms in total. The zero-order valence-electron chi connectivity index (χ0n) is 14.9. The predicted octanol–water partition coefficient (Wildman–Crippen LogP) is 1.37. The molecular weight excluding hydrogens is 353 g/mol. The van der Waals surface area contributed by atoms with Crippen LogP contribution in [0.3, 0.4) is 0 Å². The lowest BCUT2D eigenvalue weighted by atomic mass is 10.0. The molecule has 27 heavy (non-hydrogen) atoms. The maximum Gasteiger partial charge on any atom is 0.271 e. The van der Waals surface area contributed by atoms with Crippen LogP contribution in [0.2, 0.25) is 0 Å². The second-order valence-corrected chi connectivity index (χ2v) is 6.76. The minimum absolute atomic E-state index is 0.100. The van der Waals surface area contributed by atoms with Crippen molar-refractivity contribution in [1.29, 1.82) is 0 Å². The van der Waals surface area contributed by atoms with E-state index < -0.39 is 11.9 Å². The molecule has 2 saturated heterocycles. The largest absolute Gasteiger partial charge is 0.468 e. The first-order chi connectivity index (χ1) is 13.1. The Labute approximate surface area is 155 Å². The number of ether oxygens (including phenoxy) is 2. The van der Waals surface area contributed by atoms with E-state index in [0.717, 1.165) is 12.8 Å². The summed E-state index contributed by atoms with van der Waals surface area (Å²) in [7, 11) is 1.57. The van der Waals surface area contributed by atoms with Gasteiger partial charge in [0.05, 0.1) is 12.6 Å². The third-order valence-electron chi connectivity index (χ3n) is 5.13. The molecule has 2 aliphatic rings. The first kappa shape index (κ1) is 17.7. The highest BCUT2D eigenvalue weighted by Gasteiger charge is 2.48. The summed E-state index contributed by atoms with van der Waals surface area (Å²) in [6.07, 6.45) is 2.16. The summed E-state index contributed by atoms with van der Waals surface area (Å²) in [6.45, 7) is 0.810. The molecule has 0 aromatic carbocycles. The highest BCUT2D eigenvalue weighted by Crippen LogP contribution is 2.32. The van der Waals surface area contributed by atoms with Crippen LogP contribution in [0.15, 0.2) is 41.3 Å². The van der Waals surface area contributed by atoms with Crippen LogP contribution in [-0.4, -0.2) is 51.8 Å². The van der Waals surface area contributed by atoms with E-state index in [2.05, 4.69) is 4.98 Å². The van der Waals surface area contributed by atoms with E-state index in [1.165, 1.54) is 29.0 Å². The topological polar surface area (TPSA) is 73.7 Å². The molecule has 142 valence electrons. The summed E-state index contributed by atoms with van der Waals surface area (Å²) in [6, 6.07) is 7.18. The number of amides is 1. The predicted molar refractivity (Wildman–Crippen MR) is 94.1 cm³/mol. The summed E-state index contributed by atoms with van der Waals surface area (Å²) in [4.78, 5) is 30.6. The molecule has 1 amide bonds. The number of nitrogens with zero attached hydrogens (tertiary/aromatic N) is 3. The third-order valence-corrected chi connectivity index (χ3v) is 5.13. The number of likely N-dealkylation sites (tertiary alicyclic amines) is 1. The number of hydrogen-bond donors (Lipinski definition) is 0. The Kier molecular flexibility index (Phi) is 4.65. The molecule has 0 aliphatic carbocycles. The Morgan fingerprint density at radius 2 is 2.19 bits per heavy atom. The van der Waals surface area contributed by atoms with Crippen molar-refractivity contribution in [3.05, 3.63) is 58.4 Å². The SMILES string of the molecule is Cn1c(C(=O)N2C[C@H](Oc3ncccc3F)[C@H]3OCCC[C@H]32)cccc1=O. The van der Waals surface area contributed by atoms with Gasteiger partial charge in [0.25, 0.3) is 17.3 Å². The Morgan fingerprint density at radius 3 is 3.00 bits per heavy atom. The molecule has 3 atom stereocenters. The molecule has 0 N–H and O–H groups in total. The normalized spacial score (nSPS) is 24.5. The number of pyridine rings is 2. The van der Waals surface area contributed by atoms with Crippen molar-refractivity contribution in [2.75, 3.05) is 13.2 Å². The van der Waals surface area contributed by atoms with Gasteiger partial charge in [-0.2, -0.15) is 0 Å². The molecule has 2 fully saturated rings. The van der Waals surface area contributed by atoms with Gasteiger partial charge in [-0.05, 0) is 31.0 Å². The van der Waals surface area contributed by atoms with Gasteiger partial charge < -0.3 is 18.9 Å². The number of aromatic nitrogens is 2. The summed E-state index contributed by atoms with van der Waals surface area (Å²) in [5.74, 6) is -0.916. The lowest BCUT2D eigenvalue weighted by Crippen LogP contribution is -2.45. The fourth-order valence-corrected chi connectivity index (χ4v) is 3.77. The average Bonchev–Trinajstić information content (AvgIpc) is 3.04. The molecular formula is C19H20FN3O4. The highest BCUT2D eigenvalue weighted by molar-refractivity contribution is 5.93. The van der Waals surface area contributed by atoms with Crippen molar-refractivity contribution in [3.8, 4) is 5.88 Å². The van der Waals surface area contributed by atoms with Gasteiger partial charge in [0.2, 0.25) is 0 Å². The highest BCUT2D eigenvalue weighted by atomic mass is 19.1. The summed E-state index contributed by atoms with van der Waals surface area (Å²) >= 11 is 0. The average molecular weight is 373 g/mol. The molecule has 0 bridgehead atoms. The van der Waals surface area contributed by atoms with Gasteiger partial charge in [-0.25, -0.2) is 9.37 Å². The van der Waals surface area contributed by atoms with Gasteiger partial charge in [-0.3, -0.25) is 9.59 Å². The number of hydrogen-bond acceptors (Lipinski definition) is 5. The first-order valence-corrected chi connectivity index (χ1v) is 8.92. The summed E-state index contributed by atoms with van der Waals surface area (Å²) in [5, 5.41) is 0. The minimum atomic E-state index is -0.555. The zero-order valence-corrected chi connectivity index (χ0v) is 14.9. The van der Waals surface area contributed by atoms with E-state index >= 15 is 0 Å². The van der Waals surface area contributed by atoms with Gasteiger partial charge in [-0.15, -0.1) is 0 Å². The fraction of sp³-hybridized carbons (Fsp3) is 0.421. The van der Waals surface area contributed by atoms with Crippen LogP contribution < -0.4 is 10.3 Å². The molecule has 8 heteroatoms. The summed E-state index contributed by atoms with van der Waals surface area (Å²) < 4.78 is 26.9. The van der Waals surface area contributed by atoms with Crippen LogP contribution in [0.25, 0.3) is 0 Å². The fourth-order valence-electron chi connectivity index (χ4n) is 3.77. The molecule has 0 saturated carbocycles. The van der Waals surface area contributed by atoms with Gasteiger partial charge in [0.15, 0.2) is 5.82 Å². The molecule has 2 aromatic heterocycles. The molecule has 0 radical (unpaired) electrons. The van der Waals surface area contributed by atoms with Gasteiger partial charge >= 0.3 is 0 Å². The molecule has 0 unspecified atom stereocenters. The van der Waals surface area contributed by atoms with E-state index in [-0.39, 0.29) is 36.0 Å². The van der Waals surface area contributed by atoms with Gasteiger partial charge in [0.1, 0.15) is 17.9 Å². The number of rotatable bonds is 3. The number of carbonyl (C=O) groups is 1. The van der Waals surface area contributed by atoms with Crippen LogP contribution in [0.1, 0.15) is 23.3 Å². The minimum Gasteiger partial charge on any atom is -0.468 e. The monoisotopic (exact) mass is 373 g/mol. The summed E-state index contributed by atoms with van der Waals surface area (Å²) in [5.41, 5.74) is 0.0522. The maximum atomic E-state index is 13.9. The molecule has 4 rings (SSSR count). The van der Waals surface area contributed by atoms with Crippen LogP contribution >= 0.6 is 0 Å². The number of fused-ring (bicyclic) bond motifs is 1. The lowest BCUT2D eigenvalue weighted by molar-refractivity contribution is -0.0463. The number of carbonyl (C=O) groups excluding carboxylic acids is 1. The first-order valence-electron chi connectivity index (χ1n) is 8.92. The van der Waals surface area contributed by atoms with E-state index in [4.69, 9.17) is 9.47 Å². The molecule has 2 aromatic rings. The van der Waals surface area contributed by atoms with Crippen LogP contribution in [-0.2, 0) is 11.8 Å². The smallest absolute Gasteiger partial charge is 0.271 e. The van der Waals surface area contributed by atoms with Crippen molar-refractivity contribution >= 4 is 5.91 Å². The van der Waals surface area contributed by atoms with E-state index in [1.54, 1.807) is 24.1 Å². The standard InChI is InChI=1S/C19H20FN3O4/c1-22-14(6-2-8-16(22)24)19(25)23-11-15(17-13(23)7-4-10-26-17)27-18-12(20)5-3-9-21-18/h2-3,5-6,8-9,13,15,17H,4,7,10-11H2,1H3/t13-,15+,17+/m1/s1. The second kappa shape index (κ2) is 7.11. The Hall–Kier alpha value is -2.74. The Morgan fingerprint density at radius 1 is 1.33 bits per heavy atom. The van der Waals surface area contributed by atoms with Crippen molar-refractivity contribution in [3.63, 3.8) is 0 Å². The van der Waals surface area contributed by atoms with Crippen molar-refractivity contribution < 1.29 is 18.7 Å². The van der Waals surface area contributed by atoms with Gasteiger partial charge in [0, 0.05) is 25.9 Å².